The fourth-order valence-electron chi connectivity index (χ4n) is 2.23. The molecule has 1 N–H and O–H groups in total. The maximum Gasteiger partial charge on any atom is 0.294 e. The molecule has 0 aliphatic carbocycles. The van der Waals surface area contributed by atoms with E-state index in [9.17, 15) is 4.79 Å². The third-order valence-corrected chi connectivity index (χ3v) is 3.72. The Kier molecular flexibility index (Phi) is 4.39. The number of hydrogen-bond donors (Lipinski definition) is 1. The summed E-state index contributed by atoms with van der Waals surface area (Å²) in [4.78, 5) is 12.4. The van der Waals surface area contributed by atoms with Crippen LogP contribution in [0, 0.1) is 6.92 Å². The van der Waals surface area contributed by atoms with Crippen molar-refractivity contribution < 1.29 is 0 Å². The summed E-state index contributed by atoms with van der Waals surface area (Å²) in [6.45, 7) is 2.26. The Balaban J connectivity index is 1.90. The Hall–Kier alpha value is -2.66. The minimum Gasteiger partial charge on any atom is -0.297 e. The van der Waals surface area contributed by atoms with E-state index in [0.717, 1.165) is 5.56 Å². The van der Waals surface area contributed by atoms with Gasteiger partial charge in [0.25, 0.3) is 5.56 Å². The summed E-state index contributed by atoms with van der Waals surface area (Å²) in [6.07, 6.45) is 0. The molecule has 6 heteroatoms. The van der Waals surface area contributed by atoms with Crippen molar-refractivity contribution in [2.75, 3.05) is 0 Å². The van der Waals surface area contributed by atoms with E-state index in [1.54, 1.807) is 19.1 Å². The van der Waals surface area contributed by atoms with Crippen molar-refractivity contribution in [2.24, 2.45) is 10.2 Å². The maximum absolute atomic E-state index is 12.4. The summed E-state index contributed by atoms with van der Waals surface area (Å²) >= 11 is 6.04. The zero-order chi connectivity index (χ0) is 16.2. The number of azo groups is 1. The van der Waals surface area contributed by atoms with Crippen LogP contribution < -0.4 is 5.56 Å². The number of nitrogens with one attached hydrogen (secondary N) is 1. The van der Waals surface area contributed by atoms with E-state index in [-0.39, 0.29) is 5.56 Å². The van der Waals surface area contributed by atoms with E-state index >= 15 is 0 Å². The first-order valence-electron chi connectivity index (χ1n) is 7.15. The molecule has 0 unspecified atom stereocenters. The Labute approximate surface area is 138 Å². The van der Waals surface area contributed by atoms with Crippen LogP contribution in [0.1, 0.15) is 11.3 Å². The molecule has 3 rings (SSSR count). The summed E-state index contributed by atoms with van der Waals surface area (Å²) in [6, 6.07) is 16.9. The van der Waals surface area contributed by atoms with Crippen molar-refractivity contribution in [3.63, 3.8) is 0 Å². The molecular formula is C17H15ClN4O. The zero-order valence-corrected chi connectivity index (χ0v) is 13.3. The van der Waals surface area contributed by atoms with Crippen LogP contribution in [0.3, 0.4) is 0 Å². The minimum absolute atomic E-state index is 0.206. The molecule has 0 fully saturated rings. The van der Waals surface area contributed by atoms with Gasteiger partial charge in [0.2, 0.25) is 0 Å². The summed E-state index contributed by atoms with van der Waals surface area (Å²) in [5.74, 6) is 0. The lowest BCUT2D eigenvalue weighted by molar-refractivity contribution is 0.658. The van der Waals surface area contributed by atoms with Crippen LogP contribution in [0.25, 0.3) is 0 Å². The Bertz CT molecular complexity index is 896. The van der Waals surface area contributed by atoms with Crippen molar-refractivity contribution >= 4 is 23.0 Å². The average Bonchev–Trinajstić information content (AvgIpc) is 2.82. The highest BCUT2D eigenvalue weighted by Gasteiger charge is 2.11. The van der Waals surface area contributed by atoms with E-state index in [4.69, 9.17) is 11.6 Å². The van der Waals surface area contributed by atoms with Gasteiger partial charge in [-0.25, -0.2) is 4.68 Å². The van der Waals surface area contributed by atoms with Crippen molar-refractivity contribution in [1.82, 2.24) is 9.78 Å². The normalized spacial score (nSPS) is 11.2. The van der Waals surface area contributed by atoms with Crippen molar-refractivity contribution in [3.8, 4) is 0 Å². The fourth-order valence-corrected chi connectivity index (χ4v) is 2.40. The third kappa shape index (κ3) is 3.40. The van der Waals surface area contributed by atoms with Gasteiger partial charge in [-0.1, -0.05) is 54.1 Å². The largest absolute Gasteiger partial charge is 0.297 e. The quantitative estimate of drug-likeness (QED) is 0.699. The van der Waals surface area contributed by atoms with Crippen LogP contribution in [0.5, 0.6) is 0 Å². The van der Waals surface area contributed by atoms with Gasteiger partial charge in [-0.05, 0) is 24.6 Å². The second-order valence-electron chi connectivity index (χ2n) is 5.11. The summed E-state index contributed by atoms with van der Waals surface area (Å²) in [5, 5.41) is 11.7. The SMILES string of the molecule is Cc1[nH]n(Cc2ccccc2)c(=O)c1N=Nc1ccccc1Cl. The molecule has 0 atom stereocenters. The number of halogens is 1. The van der Waals surface area contributed by atoms with E-state index in [1.807, 2.05) is 42.5 Å². The van der Waals surface area contributed by atoms with Gasteiger partial charge >= 0.3 is 0 Å². The molecule has 1 aromatic heterocycles. The van der Waals surface area contributed by atoms with E-state index < -0.39 is 0 Å². The number of aromatic amines is 1. The standard InChI is InChI=1S/C17H15ClN4O/c1-12-16(20-19-15-10-6-5-9-14(15)18)17(23)22(21-12)11-13-7-3-2-4-8-13/h2-10,21H,11H2,1H3. The lowest BCUT2D eigenvalue weighted by Crippen LogP contribution is -2.17. The molecule has 0 bridgehead atoms. The minimum atomic E-state index is -0.206. The molecule has 23 heavy (non-hydrogen) atoms. The van der Waals surface area contributed by atoms with Crippen molar-refractivity contribution in [3.05, 3.63) is 81.2 Å². The monoisotopic (exact) mass is 326 g/mol. The number of rotatable bonds is 4. The van der Waals surface area contributed by atoms with Crippen LogP contribution in [0.15, 0.2) is 69.6 Å². The summed E-state index contributed by atoms with van der Waals surface area (Å²) < 4.78 is 1.52. The second kappa shape index (κ2) is 6.62. The highest BCUT2D eigenvalue weighted by atomic mass is 35.5. The molecular weight excluding hydrogens is 312 g/mol. The van der Waals surface area contributed by atoms with E-state index in [0.29, 0.717) is 28.6 Å². The highest BCUT2D eigenvalue weighted by Crippen LogP contribution is 2.25. The molecule has 0 saturated heterocycles. The smallest absolute Gasteiger partial charge is 0.294 e. The number of aromatic nitrogens is 2. The molecule has 0 aliphatic heterocycles. The number of hydrogen-bond acceptors (Lipinski definition) is 3. The molecule has 5 nitrogen and oxygen atoms in total. The number of benzene rings is 2. The molecule has 2 aromatic carbocycles. The molecule has 0 spiro atoms. The molecule has 1 heterocycles. The molecule has 0 amide bonds. The highest BCUT2D eigenvalue weighted by molar-refractivity contribution is 6.32. The van der Waals surface area contributed by atoms with Crippen molar-refractivity contribution in [2.45, 2.75) is 13.5 Å². The summed E-state index contributed by atoms with van der Waals surface area (Å²) in [7, 11) is 0. The van der Waals surface area contributed by atoms with Crippen LogP contribution in [-0.4, -0.2) is 9.78 Å². The van der Waals surface area contributed by atoms with Crippen LogP contribution in [0.4, 0.5) is 11.4 Å². The van der Waals surface area contributed by atoms with E-state index in [2.05, 4.69) is 15.3 Å². The first-order valence-corrected chi connectivity index (χ1v) is 7.52. The second-order valence-corrected chi connectivity index (χ2v) is 5.52. The Morgan fingerprint density at radius 2 is 1.74 bits per heavy atom. The van der Waals surface area contributed by atoms with Crippen LogP contribution >= 0.6 is 11.6 Å². The number of nitrogens with zero attached hydrogens (tertiary/aromatic N) is 3. The van der Waals surface area contributed by atoms with Gasteiger partial charge in [0.05, 0.1) is 17.3 Å². The van der Waals surface area contributed by atoms with Crippen molar-refractivity contribution in [1.29, 1.82) is 0 Å². The van der Waals surface area contributed by atoms with Crippen LogP contribution in [-0.2, 0) is 6.54 Å². The zero-order valence-electron chi connectivity index (χ0n) is 12.5. The van der Waals surface area contributed by atoms with Gasteiger partial charge in [0.1, 0.15) is 5.69 Å². The first kappa shape index (κ1) is 15.2. The molecule has 0 saturated carbocycles. The number of aryl methyl sites for hydroxylation is 1. The van der Waals surface area contributed by atoms with Gasteiger partial charge in [0.15, 0.2) is 5.69 Å². The van der Waals surface area contributed by atoms with Gasteiger partial charge in [-0.2, -0.15) is 0 Å². The Morgan fingerprint density at radius 3 is 2.48 bits per heavy atom. The topological polar surface area (TPSA) is 62.5 Å². The molecule has 0 radical (unpaired) electrons. The first-order chi connectivity index (χ1) is 11.1. The van der Waals surface area contributed by atoms with Gasteiger partial charge in [-0.15, -0.1) is 10.2 Å². The predicted molar refractivity (Wildman–Crippen MR) is 91.0 cm³/mol. The molecule has 0 aliphatic rings. The lowest BCUT2D eigenvalue weighted by Gasteiger charge is -2.00. The predicted octanol–water partition coefficient (Wildman–Crippen LogP) is 4.60. The Morgan fingerprint density at radius 1 is 1.04 bits per heavy atom. The maximum atomic E-state index is 12.4. The van der Waals surface area contributed by atoms with Crippen LogP contribution in [0.2, 0.25) is 5.02 Å². The number of H-pyrrole nitrogens is 1. The fraction of sp³-hybridized carbons (Fsp3) is 0.118. The molecule has 3 aromatic rings. The lowest BCUT2D eigenvalue weighted by atomic mass is 10.2. The van der Waals surface area contributed by atoms with Gasteiger partial charge in [0, 0.05) is 0 Å². The third-order valence-electron chi connectivity index (χ3n) is 3.40. The molecule has 116 valence electrons. The van der Waals surface area contributed by atoms with Gasteiger partial charge < -0.3 is 0 Å². The van der Waals surface area contributed by atoms with Gasteiger partial charge in [-0.3, -0.25) is 9.89 Å². The van der Waals surface area contributed by atoms with E-state index in [1.165, 1.54) is 4.68 Å². The summed E-state index contributed by atoms with van der Waals surface area (Å²) in [5.41, 5.74) is 2.32. The average molecular weight is 327 g/mol.